The molecule has 2 aromatic rings. The van der Waals surface area contributed by atoms with Crippen molar-refractivity contribution >= 4 is 10.9 Å². The van der Waals surface area contributed by atoms with Gasteiger partial charge in [0.15, 0.2) is 0 Å². The smallest absolute Gasteiger partial charge is 0.120 e. The number of H-pyrrole nitrogens is 1. The monoisotopic (exact) mass is 220 g/mol. The third kappa shape index (κ3) is 2.03. The third-order valence-corrected chi connectivity index (χ3v) is 2.70. The summed E-state index contributed by atoms with van der Waals surface area (Å²) in [6.07, 6.45) is 1.99. The first kappa shape index (κ1) is 11.0. The normalized spacial score (nSPS) is 12.9. The molecule has 1 atom stereocenters. The van der Waals surface area contributed by atoms with Crippen LogP contribution in [0.15, 0.2) is 24.4 Å². The highest BCUT2D eigenvalue weighted by atomic mass is 16.5. The number of aliphatic hydroxyl groups excluding tert-OH is 1. The Morgan fingerprint density at radius 1 is 1.50 bits per heavy atom. The van der Waals surface area contributed by atoms with Crippen molar-refractivity contribution in [2.24, 2.45) is 5.73 Å². The summed E-state index contributed by atoms with van der Waals surface area (Å²) in [5, 5.41) is 10.6. The molecule has 4 heteroatoms. The number of benzene rings is 1. The van der Waals surface area contributed by atoms with E-state index in [1.807, 2.05) is 24.4 Å². The minimum Gasteiger partial charge on any atom is -0.497 e. The maximum absolute atomic E-state index is 9.53. The van der Waals surface area contributed by atoms with Gasteiger partial charge >= 0.3 is 0 Å². The predicted octanol–water partition coefficient (Wildman–Crippen LogP) is 1.04. The molecule has 0 fully saturated rings. The quantitative estimate of drug-likeness (QED) is 0.721. The zero-order valence-electron chi connectivity index (χ0n) is 9.23. The van der Waals surface area contributed by atoms with Crippen LogP contribution in [-0.4, -0.2) is 29.8 Å². The molecule has 1 unspecified atom stereocenters. The SMILES string of the molecule is COc1ccc2c(CC(O)CN)c[nH]c2c1. The Kier molecular flexibility index (Phi) is 3.12. The average Bonchev–Trinajstić information content (AvgIpc) is 2.71. The summed E-state index contributed by atoms with van der Waals surface area (Å²) in [4.78, 5) is 3.16. The van der Waals surface area contributed by atoms with E-state index in [9.17, 15) is 5.11 Å². The number of hydrogen-bond donors (Lipinski definition) is 3. The van der Waals surface area contributed by atoms with E-state index in [1.165, 1.54) is 0 Å². The molecule has 4 nitrogen and oxygen atoms in total. The molecule has 0 aliphatic rings. The van der Waals surface area contributed by atoms with E-state index < -0.39 is 6.10 Å². The third-order valence-electron chi connectivity index (χ3n) is 2.70. The first-order chi connectivity index (χ1) is 7.74. The second-order valence-corrected chi connectivity index (χ2v) is 3.82. The van der Waals surface area contributed by atoms with Gasteiger partial charge in [0.2, 0.25) is 0 Å². The van der Waals surface area contributed by atoms with Gasteiger partial charge in [-0.25, -0.2) is 0 Å². The van der Waals surface area contributed by atoms with Gasteiger partial charge in [-0.3, -0.25) is 0 Å². The molecular formula is C12H16N2O2. The molecule has 1 heterocycles. The number of ether oxygens (including phenoxy) is 1. The van der Waals surface area contributed by atoms with E-state index in [1.54, 1.807) is 7.11 Å². The van der Waals surface area contributed by atoms with Gasteiger partial charge in [-0.2, -0.15) is 0 Å². The highest BCUT2D eigenvalue weighted by Gasteiger charge is 2.08. The molecular weight excluding hydrogens is 204 g/mol. The van der Waals surface area contributed by atoms with E-state index in [2.05, 4.69) is 4.98 Å². The summed E-state index contributed by atoms with van der Waals surface area (Å²) >= 11 is 0. The Morgan fingerprint density at radius 2 is 2.31 bits per heavy atom. The van der Waals surface area contributed by atoms with Crippen LogP contribution in [-0.2, 0) is 6.42 Å². The summed E-state index contributed by atoms with van der Waals surface area (Å²) in [7, 11) is 1.64. The van der Waals surface area contributed by atoms with E-state index >= 15 is 0 Å². The van der Waals surface area contributed by atoms with Crippen molar-refractivity contribution in [1.82, 2.24) is 4.98 Å². The highest BCUT2D eigenvalue weighted by Crippen LogP contribution is 2.23. The van der Waals surface area contributed by atoms with Crippen molar-refractivity contribution < 1.29 is 9.84 Å². The maximum atomic E-state index is 9.53. The van der Waals surface area contributed by atoms with E-state index in [0.29, 0.717) is 6.42 Å². The lowest BCUT2D eigenvalue weighted by Crippen LogP contribution is -2.21. The van der Waals surface area contributed by atoms with Gasteiger partial charge in [0.05, 0.1) is 13.2 Å². The van der Waals surface area contributed by atoms with Gasteiger partial charge in [0.25, 0.3) is 0 Å². The van der Waals surface area contributed by atoms with Crippen LogP contribution >= 0.6 is 0 Å². The standard InChI is InChI=1S/C12H16N2O2/c1-16-10-2-3-11-8(4-9(15)6-13)7-14-12(11)5-10/h2-3,5,7,9,14-15H,4,6,13H2,1H3. The minimum atomic E-state index is -0.485. The zero-order chi connectivity index (χ0) is 11.5. The lowest BCUT2D eigenvalue weighted by atomic mass is 10.1. The summed E-state index contributed by atoms with van der Waals surface area (Å²) < 4.78 is 5.14. The molecule has 86 valence electrons. The predicted molar refractivity (Wildman–Crippen MR) is 63.6 cm³/mol. The number of aromatic amines is 1. The maximum Gasteiger partial charge on any atom is 0.120 e. The Hall–Kier alpha value is -1.52. The first-order valence-corrected chi connectivity index (χ1v) is 5.26. The van der Waals surface area contributed by atoms with Crippen molar-refractivity contribution in [3.8, 4) is 5.75 Å². The summed E-state index contributed by atoms with van der Waals surface area (Å²) in [5.41, 5.74) is 7.49. The number of nitrogens with two attached hydrogens (primary N) is 1. The second kappa shape index (κ2) is 4.55. The highest BCUT2D eigenvalue weighted by molar-refractivity contribution is 5.84. The zero-order valence-corrected chi connectivity index (χ0v) is 9.23. The lowest BCUT2D eigenvalue weighted by Gasteiger charge is -2.06. The second-order valence-electron chi connectivity index (χ2n) is 3.82. The number of rotatable bonds is 4. The van der Waals surface area contributed by atoms with Crippen LogP contribution in [0.1, 0.15) is 5.56 Å². The topological polar surface area (TPSA) is 71.3 Å². The van der Waals surface area contributed by atoms with Crippen molar-refractivity contribution in [2.45, 2.75) is 12.5 Å². The van der Waals surface area contributed by atoms with Gasteiger partial charge in [-0.05, 0) is 17.7 Å². The molecule has 0 saturated carbocycles. The molecule has 0 aliphatic heterocycles. The summed E-state index contributed by atoms with van der Waals surface area (Å²) in [6.45, 7) is 0.281. The molecule has 1 aromatic heterocycles. The van der Waals surface area contributed by atoms with Gasteiger partial charge in [-0.1, -0.05) is 0 Å². The van der Waals surface area contributed by atoms with Gasteiger partial charge < -0.3 is 20.6 Å². The molecule has 16 heavy (non-hydrogen) atoms. The van der Waals surface area contributed by atoms with Crippen LogP contribution in [0.25, 0.3) is 10.9 Å². The molecule has 0 saturated heterocycles. The number of hydrogen-bond acceptors (Lipinski definition) is 3. The first-order valence-electron chi connectivity index (χ1n) is 5.26. The Balaban J connectivity index is 2.34. The fourth-order valence-electron chi connectivity index (χ4n) is 1.80. The summed E-state index contributed by atoms with van der Waals surface area (Å²) in [5.74, 6) is 0.820. The Labute approximate surface area is 94.0 Å². The lowest BCUT2D eigenvalue weighted by molar-refractivity contribution is 0.184. The Morgan fingerprint density at radius 3 is 3.00 bits per heavy atom. The van der Waals surface area contributed by atoms with Gasteiger partial charge in [-0.15, -0.1) is 0 Å². The molecule has 0 amide bonds. The molecule has 0 radical (unpaired) electrons. The molecule has 1 aromatic carbocycles. The van der Waals surface area contributed by atoms with E-state index in [0.717, 1.165) is 22.2 Å². The Bertz CT molecular complexity index is 479. The fourth-order valence-corrected chi connectivity index (χ4v) is 1.80. The van der Waals surface area contributed by atoms with E-state index in [4.69, 9.17) is 10.5 Å². The number of methoxy groups -OCH3 is 1. The molecule has 0 spiro atoms. The van der Waals surface area contributed by atoms with Gasteiger partial charge in [0.1, 0.15) is 5.75 Å². The van der Waals surface area contributed by atoms with Crippen LogP contribution in [0.2, 0.25) is 0 Å². The van der Waals surface area contributed by atoms with Gasteiger partial charge in [0, 0.05) is 36.1 Å². The fraction of sp³-hybridized carbons (Fsp3) is 0.333. The summed E-state index contributed by atoms with van der Waals surface area (Å²) in [6, 6.07) is 5.84. The van der Waals surface area contributed by atoms with Crippen molar-refractivity contribution in [1.29, 1.82) is 0 Å². The number of nitrogens with one attached hydrogen (secondary N) is 1. The average molecular weight is 220 g/mol. The van der Waals surface area contributed by atoms with Crippen LogP contribution in [0.4, 0.5) is 0 Å². The van der Waals surface area contributed by atoms with Crippen molar-refractivity contribution in [3.63, 3.8) is 0 Å². The molecule has 0 bridgehead atoms. The van der Waals surface area contributed by atoms with Crippen LogP contribution in [0.3, 0.4) is 0 Å². The van der Waals surface area contributed by atoms with Crippen LogP contribution in [0.5, 0.6) is 5.75 Å². The van der Waals surface area contributed by atoms with Crippen molar-refractivity contribution in [3.05, 3.63) is 30.0 Å². The largest absolute Gasteiger partial charge is 0.497 e. The van der Waals surface area contributed by atoms with Crippen LogP contribution < -0.4 is 10.5 Å². The number of fused-ring (bicyclic) bond motifs is 1. The molecule has 0 aliphatic carbocycles. The number of aromatic nitrogens is 1. The molecule has 2 rings (SSSR count). The van der Waals surface area contributed by atoms with E-state index in [-0.39, 0.29) is 6.54 Å². The van der Waals surface area contributed by atoms with Crippen molar-refractivity contribution in [2.75, 3.05) is 13.7 Å². The van der Waals surface area contributed by atoms with Crippen LogP contribution in [0, 0.1) is 0 Å². The minimum absolute atomic E-state index is 0.281. The molecule has 4 N–H and O–H groups in total. The number of aliphatic hydroxyl groups is 1.